The molecule has 0 unspecified atom stereocenters. The molecule has 2 aromatic carbocycles. The van der Waals surface area contributed by atoms with Crippen molar-refractivity contribution in [3.05, 3.63) is 96.1 Å². The van der Waals surface area contributed by atoms with Gasteiger partial charge >= 0.3 is 0 Å². The molecular formula is C25H24N4O. The molecule has 1 saturated heterocycles. The van der Waals surface area contributed by atoms with Gasteiger partial charge in [0.2, 0.25) is 0 Å². The van der Waals surface area contributed by atoms with E-state index in [1.165, 1.54) is 11.1 Å². The summed E-state index contributed by atoms with van der Waals surface area (Å²) >= 11 is 0. The first-order valence-electron chi connectivity index (χ1n) is 10.5. The van der Waals surface area contributed by atoms with Crippen LogP contribution in [0.2, 0.25) is 0 Å². The molecule has 3 heterocycles. The zero-order chi connectivity index (χ0) is 20.3. The molecule has 0 radical (unpaired) electrons. The first-order chi connectivity index (χ1) is 14.8. The average molecular weight is 396 g/mol. The fourth-order valence-electron chi connectivity index (χ4n) is 4.40. The lowest BCUT2D eigenvalue weighted by atomic mass is 10.0. The van der Waals surface area contributed by atoms with Crippen LogP contribution in [0.3, 0.4) is 0 Å². The molecular weight excluding hydrogens is 372 g/mol. The lowest BCUT2D eigenvalue weighted by Crippen LogP contribution is -2.39. The summed E-state index contributed by atoms with van der Waals surface area (Å²) in [5.74, 6) is 1.17. The number of benzene rings is 2. The number of piperidine rings is 1. The van der Waals surface area contributed by atoms with E-state index in [1.807, 2.05) is 29.2 Å². The third-order valence-corrected chi connectivity index (χ3v) is 5.90. The van der Waals surface area contributed by atoms with Gasteiger partial charge in [-0.3, -0.25) is 9.78 Å². The number of imidazole rings is 1. The molecule has 5 rings (SSSR count). The van der Waals surface area contributed by atoms with Gasteiger partial charge in [0, 0.05) is 37.9 Å². The molecule has 0 aliphatic carbocycles. The number of carbonyl (C=O) groups excluding carboxylic acids is 1. The van der Waals surface area contributed by atoms with Crippen molar-refractivity contribution in [1.82, 2.24) is 19.4 Å². The Kier molecular flexibility index (Phi) is 5.01. The Balaban J connectivity index is 1.40. The molecule has 1 fully saturated rings. The second-order valence-electron chi connectivity index (χ2n) is 7.81. The van der Waals surface area contributed by atoms with Crippen molar-refractivity contribution in [1.29, 1.82) is 0 Å². The third kappa shape index (κ3) is 3.59. The summed E-state index contributed by atoms with van der Waals surface area (Å²) in [5, 5.41) is 0. The van der Waals surface area contributed by atoms with Crippen molar-refractivity contribution in [2.45, 2.75) is 25.3 Å². The van der Waals surface area contributed by atoms with Crippen LogP contribution in [0.15, 0.2) is 79.1 Å². The number of hydrogen-bond acceptors (Lipinski definition) is 3. The molecule has 5 heteroatoms. The van der Waals surface area contributed by atoms with Crippen LogP contribution in [0, 0.1) is 0 Å². The topological polar surface area (TPSA) is 51.0 Å². The Morgan fingerprint density at radius 2 is 1.70 bits per heavy atom. The maximum atomic E-state index is 12.8. The van der Waals surface area contributed by atoms with E-state index >= 15 is 0 Å². The Morgan fingerprint density at radius 1 is 0.933 bits per heavy atom. The van der Waals surface area contributed by atoms with E-state index in [1.54, 1.807) is 12.4 Å². The highest BCUT2D eigenvalue weighted by Crippen LogP contribution is 2.30. The van der Waals surface area contributed by atoms with Gasteiger partial charge in [-0.05, 0) is 42.7 Å². The summed E-state index contributed by atoms with van der Waals surface area (Å²) in [6, 6.07) is 22.8. The Morgan fingerprint density at radius 3 is 2.47 bits per heavy atom. The summed E-state index contributed by atoms with van der Waals surface area (Å²) in [7, 11) is 0. The summed E-state index contributed by atoms with van der Waals surface area (Å²) in [4.78, 5) is 23.8. The normalized spacial score (nSPS) is 14.9. The Bertz CT molecular complexity index is 1150. The summed E-state index contributed by atoms with van der Waals surface area (Å²) < 4.78 is 2.41. The van der Waals surface area contributed by atoms with Gasteiger partial charge in [-0.15, -0.1) is 0 Å². The zero-order valence-corrected chi connectivity index (χ0v) is 16.8. The van der Waals surface area contributed by atoms with Gasteiger partial charge < -0.3 is 9.47 Å². The van der Waals surface area contributed by atoms with Crippen molar-refractivity contribution >= 4 is 16.9 Å². The second-order valence-corrected chi connectivity index (χ2v) is 7.81. The summed E-state index contributed by atoms with van der Waals surface area (Å²) in [6.45, 7) is 1.49. The van der Waals surface area contributed by atoms with Crippen molar-refractivity contribution in [3.8, 4) is 0 Å². The number of fused-ring (bicyclic) bond motifs is 1. The number of carbonyl (C=O) groups is 1. The number of aromatic nitrogens is 3. The first kappa shape index (κ1) is 18.6. The SMILES string of the molecule is O=C(c1cccnc1)N1CCC(n2c(Cc3ccccc3)nc3ccccc32)CC1. The minimum atomic E-state index is 0.0709. The number of nitrogens with zero attached hydrogens (tertiary/aromatic N) is 4. The van der Waals surface area contributed by atoms with Crippen molar-refractivity contribution in [2.24, 2.45) is 0 Å². The number of rotatable bonds is 4. The fraction of sp³-hybridized carbons (Fsp3) is 0.240. The highest BCUT2D eigenvalue weighted by atomic mass is 16.2. The van der Waals surface area contributed by atoms with Crippen molar-refractivity contribution < 1.29 is 4.79 Å². The van der Waals surface area contributed by atoms with E-state index < -0.39 is 0 Å². The van der Waals surface area contributed by atoms with Crippen LogP contribution in [0.4, 0.5) is 0 Å². The molecule has 2 aromatic heterocycles. The van der Waals surface area contributed by atoms with Crippen LogP contribution >= 0.6 is 0 Å². The monoisotopic (exact) mass is 396 g/mol. The number of amides is 1. The zero-order valence-electron chi connectivity index (χ0n) is 16.8. The van der Waals surface area contributed by atoms with Crippen LogP contribution in [-0.2, 0) is 6.42 Å². The average Bonchev–Trinajstić information content (AvgIpc) is 3.17. The van der Waals surface area contributed by atoms with Crippen molar-refractivity contribution in [3.63, 3.8) is 0 Å². The van der Waals surface area contributed by atoms with Gasteiger partial charge in [-0.2, -0.15) is 0 Å². The summed E-state index contributed by atoms with van der Waals surface area (Å²) in [5.41, 5.74) is 4.14. The van der Waals surface area contributed by atoms with E-state index in [0.717, 1.165) is 43.7 Å². The number of hydrogen-bond donors (Lipinski definition) is 0. The van der Waals surface area contributed by atoms with E-state index in [2.05, 4.69) is 52.0 Å². The predicted molar refractivity (Wildman–Crippen MR) is 117 cm³/mol. The fourth-order valence-corrected chi connectivity index (χ4v) is 4.40. The Labute approximate surface area is 176 Å². The van der Waals surface area contributed by atoms with Crippen LogP contribution in [0.5, 0.6) is 0 Å². The maximum Gasteiger partial charge on any atom is 0.255 e. The smallest absolute Gasteiger partial charge is 0.255 e. The van der Waals surface area contributed by atoms with Gasteiger partial charge in [0.05, 0.1) is 16.6 Å². The minimum absolute atomic E-state index is 0.0709. The molecule has 5 nitrogen and oxygen atoms in total. The first-order valence-corrected chi connectivity index (χ1v) is 10.5. The molecule has 1 amide bonds. The van der Waals surface area contributed by atoms with Crippen LogP contribution < -0.4 is 0 Å². The van der Waals surface area contributed by atoms with E-state index in [-0.39, 0.29) is 5.91 Å². The van der Waals surface area contributed by atoms with Gasteiger partial charge in [0.1, 0.15) is 5.82 Å². The van der Waals surface area contributed by atoms with Crippen LogP contribution in [-0.4, -0.2) is 38.4 Å². The second kappa shape index (κ2) is 8.11. The molecule has 30 heavy (non-hydrogen) atoms. The third-order valence-electron chi connectivity index (χ3n) is 5.90. The van der Waals surface area contributed by atoms with Crippen LogP contribution in [0.1, 0.15) is 40.6 Å². The number of para-hydroxylation sites is 2. The molecule has 0 spiro atoms. The summed E-state index contributed by atoms with van der Waals surface area (Å²) in [6.07, 6.45) is 6.00. The highest BCUT2D eigenvalue weighted by Gasteiger charge is 2.27. The largest absolute Gasteiger partial charge is 0.338 e. The quantitative estimate of drug-likeness (QED) is 0.510. The lowest BCUT2D eigenvalue weighted by molar-refractivity contribution is 0.0695. The molecule has 1 aliphatic heterocycles. The molecule has 150 valence electrons. The molecule has 0 N–H and O–H groups in total. The number of pyridine rings is 1. The standard InChI is InChI=1S/C25H24N4O/c30-25(20-9-6-14-26-18-20)28-15-12-21(13-16-28)29-23-11-5-4-10-22(23)27-24(29)17-19-7-2-1-3-8-19/h1-11,14,18,21H,12-13,15-17H2. The maximum absolute atomic E-state index is 12.8. The minimum Gasteiger partial charge on any atom is -0.338 e. The molecule has 4 aromatic rings. The van der Waals surface area contributed by atoms with Crippen LogP contribution in [0.25, 0.3) is 11.0 Å². The van der Waals surface area contributed by atoms with Gasteiger partial charge in [-0.25, -0.2) is 4.98 Å². The highest BCUT2D eigenvalue weighted by molar-refractivity contribution is 5.93. The van der Waals surface area contributed by atoms with Gasteiger partial charge in [0.25, 0.3) is 5.91 Å². The van der Waals surface area contributed by atoms with Gasteiger partial charge in [0.15, 0.2) is 0 Å². The number of likely N-dealkylation sites (tertiary alicyclic amines) is 1. The molecule has 0 atom stereocenters. The van der Waals surface area contributed by atoms with E-state index in [0.29, 0.717) is 11.6 Å². The molecule has 1 aliphatic rings. The predicted octanol–water partition coefficient (Wildman–Crippen LogP) is 4.50. The molecule has 0 bridgehead atoms. The van der Waals surface area contributed by atoms with Crippen molar-refractivity contribution in [2.75, 3.05) is 13.1 Å². The Hall–Kier alpha value is -3.47. The van der Waals surface area contributed by atoms with E-state index in [4.69, 9.17) is 4.98 Å². The van der Waals surface area contributed by atoms with E-state index in [9.17, 15) is 4.79 Å². The molecule has 0 saturated carbocycles. The lowest BCUT2D eigenvalue weighted by Gasteiger charge is -2.33. The van der Waals surface area contributed by atoms with Gasteiger partial charge in [-0.1, -0.05) is 42.5 Å².